The zero-order valence-corrected chi connectivity index (χ0v) is 15.9. The van der Waals surface area contributed by atoms with Crippen LogP contribution in [0.1, 0.15) is 48.0 Å². The fourth-order valence-electron chi connectivity index (χ4n) is 3.87. The first-order valence-corrected chi connectivity index (χ1v) is 9.87. The average Bonchev–Trinajstić information content (AvgIpc) is 2.79. The Morgan fingerprint density at radius 2 is 1.82 bits per heavy atom. The molecule has 0 aliphatic heterocycles. The zero-order chi connectivity index (χ0) is 19.2. The van der Waals surface area contributed by atoms with Crippen molar-refractivity contribution < 1.29 is 4.79 Å². The molecule has 0 spiro atoms. The number of benzene rings is 1. The first-order chi connectivity index (χ1) is 13.8. The molecule has 142 valence electrons. The highest BCUT2D eigenvalue weighted by Gasteiger charge is 2.26. The van der Waals surface area contributed by atoms with Gasteiger partial charge in [0.1, 0.15) is 0 Å². The molecule has 0 unspecified atom stereocenters. The number of carbonyl (C=O) groups is 1. The van der Waals surface area contributed by atoms with Gasteiger partial charge in [-0.25, -0.2) is 0 Å². The van der Waals surface area contributed by atoms with E-state index in [2.05, 4.69) is 15.0 Å². The largest absolute Gasteiger partial charge is 0.331 e. The van der Waals surface area contributed by atoms with Crippen molar-refractivity contribution in [3.8, 4) is 11.3 Å². The Morgan fingerprint density at radius 3 is 2.57 bits per heavy atom. The van der Waals surface area contributed by atoms with E-state index in [-0.39, 0.29) is 11.9 Å². The monoisotopic (exact) mass is 372 g/mol. The van der Waals surface area contributed by atoms with Crippen LogP contribution in [0.5, 0.6) is 0 Å². The Kier molecular flexibility index (Phi) is 5.71. The molecule has 1 amide bonds. The van der Waals surface area contributed by atoms with Crippen LogP contribution in [0.3, 0.4) is 0 Å². The van der Waals surface area contributed by atoms with Crippen LogP contribution in [0.25, 0.3) is 11.3 Å². The highest BCUT2D eigenvalue weighted by molar-refractivity contribution is 5.95. The maximum atomic E-state index is 13.5. The lowest BCUT2D eigenvalue weighted by Crippen LogP contribution is -2.41. The fraction of sp³-hybridized carbons (Fsp3) is 0.304. The topological polar surface area (TPSA) is 59.0 Å². The summed E-state index contributed by atoms with van der Waals surface area (Å²) in [7, 11) is 0. The van der Waals surface area contributed by atoms with Gasteiger partial charge in [-0.3, -0.25) is 19.7 Å². The van der Waals surface area contributed by atoms with E-state index in [4.69, 9.17) is 0 Å². The molecule has 5 heteroatoms. The number of rotatable bonds is 5. The second-order valence-electron chi connectivity index (χ2n) is 7.26. The van der Waals surface area contributed by atoms with E-state index >= 15 is 0 Å². The molecule has 1 aliphatic carbocycles. The van der Waals surface area contributed by atoms with Crippen LogP contribution in [0.4, 0.5) is 0 Å². The van der Waals surface area contributed by atoms with Crippen molar-refractivity contribution >= 4 is 5.91 Å². The zero-order valence-electron chi connectivity index (χ0n) is 15.9. The van der Waals surface area contributed by atoms with Crippen LogP contribution in [-0.4, -0.2) is 31.8 Å². The lowest BCUT2D eigenvalue weighted by molar-refractivity contribution is 0.0614. The molecule has 3 aromatic rings. The van der Waals surface area contributed by atoms with Gasteiger partial charge in [0, 0.05) is 48.5 Å². The SMILES string of the molecule is O=C(c1cccc(-c2cnccn2)c1)N(Cc1cccnc1)C1CCCCC1. The molecule has 0 bridgehead atoms. The maximum absolute atomic E-state index is 13.5. The minimum Gasteiger partial charge on any atom is -0.331 e. The van der Waals surface area contributed by atoms with Gasteiger partial charge in [-0.05, 0) is 36.6 Å². The first-order valence-electron chi connectivity index (χ1n) is 9.87. The molecule has 2 heterocycles. The minimum atomic E-state index is 0.0708. The molecule has 5 nitrogen and oxygen atoms in total. The number of amides is 1. The molecule has 1 aliphatic rings. The summed E-state index contributed by atoms with van der Waals surface area (Å²) in [5, 5.41) is 0. The number of hydrogen-bond acceptors (Lipinski definition) is 4. The molecule has 1 saturated carbocycles. The predicted molar refractivity (Wildman–Crippen MR) is 108 cm³/mol. The van der Waals surface area contributed by atoms with E-state index < -0.39 is 0 Å². The summed E-state index contributed by atoms with van der Waals surface area (Å²) in [6.07, 6.45) is 14.4. The van der Waals surface area contributed by atoms with Gasteiger partial charge < -0.3 is 4.90 Å². The molecule has 28 heavy (non-hydrogen) atoms. The predicted octanol–water partition coefficient (Wildman–Crippen LogP) is 4.51. The summed E-state index contributed by atoms with van der Waals surface area (Å²) in [4.78, 5) is 28.2. The van der Waals surface area contributed by atoms with Gasteiger partial charge in [-0.15, -0.1) is 0 Å². The molecule has 1 fully saturated rings. The average molecular weight is 372 g/mol. The number of pyridine rings is 1. The third kappa shape index (κ3) is 4.25. The molecule has 1 aromatic carbocycles. The van der Waals surface area contributed by atoms with E-state index in [1.54, 1.807) is 24.8 Å². The lowest BCUT2D eigenvalue weighted by atomic mass is 9.93. The summed E-state index contributed by atoms with van der Waals surface area (Å²) in [6.45, 7) is 0.590. The maximum Gasteiger partial charge on any atom is 0.254 e. The van der Waals surface area contributed by atoms with Crippen molar-refractivity contribution in [3.05, 3.63) is 78.5 Å². The van der Waals surface area contributed by atoms with Crippen LogP contribution in [0.15, 0.2) is 67.4 Å². The Bertz CT molecular complexity index is 908. The van der Waals surface area contributed by atoms with E-state index in [0.717, 1.165) is 29.7 Å². The highest BCUT2D eigenvalue weighted by atomic mass is 16.2. The smallest absolute Gasteiger partial charge is 0.254 e. The second kappa shape index (κ2) is 8.74. The molecule has 2 aromatic heterocycles. The van der Waals surface area contributed by atoms with Crippen molar-refractivity contribution in [2.24, 2.45) is 0 Å². The Morgan fingerprint density at radius 1 is 0.964 bits per heavy atom. The van der Waals surface area contributed by atoms with Crippen LogP contribution >= 0.6 is 0 Å². The summed E-state index contributed by atoms with van der Waals surface area (Å²) in [6, 6.07) is 11.9. The first kappa shape index (κ1) is 18.3. The minimum absolute atomic E-state index is 0.0708. The normalized spacial score (nSPS) is 14.6. The number of aromatic nitrogens is 3. The third-order valence-corrected chi connectivity index (χ3v) is 5.32. The molecule has 0 radical (unpaired) electrons. The van der Waals surface area contributed by atoms with E-state index in [1.165, 1.54) is 19.3 Å². The molecule has 4 rings (SSSR count). The summed E-state index contributed by atoms with van der Waals surface area (Å²) in [5.74, 6) is 0.0708. The lowest BCUT2D eigenvalue weighted by Gasteiger charge is -2.34. The van der Waals surface area contributed by atoms with Crippen molar-refractivity contribution in [1.29, 1.82) is 0 Å². The Hall–Kier alpha value is -3.08. The molecule has 0 N–H and O–H groups in total. The second-order valence-corrected chi connectivity index (χ2v) is 7.26. The standard InChI is InChI=1S/C23H24N4O/c28-23(20-8-4-7-19(14-20)22-16-25-12-13-26-22)27(21-9-2-1-3-10-21)17-18-6-5-11-24-15-18/h4-8,11-16,21H,1-3,9-10,17H2. The Labute approximate surface area is 165 Å². The van der Waals surface area contributed by atoms with Gasteiger partial charge >= 0.3 is 0 Å². The van der Waals surface area contributed by atoms with Crippen LogP contribution in [0.2, 0.25) is 0 Å². The summed E-state index contributed by atoms with van der Waals surface area (Å²) < 4.78 is 0. The molecule has 0 atom stereocenters. The molecular formula is C23H24N4O. The van der Waals surface area contributed by atoms with Gasteiger partial charge in [0.05, 0.1) is 11.9 Å². The van der Waals surface area contributed by atoms with Crippen LogP contribution < -0.4 is 0 Å². The van der Waals surface area contributed by atoms with Crippen molar-refractivity contribution in [2.75, 3.05) is 0 Å². The number of carbonyl (C=O) groups excluding carboxylic acids is 1. The van der Waals surface area contributed by atoms with Gasteiger partial charge in [0.2, 0.25) is 0 Å². The quantitative estimate of drug-likeness (QED) is 0.661. The Balaban J connectivity index is 1.63. The van der Waals surface area contributed by atoms with Gasteiger partial charge in [-0.2, -0.15) is 0 Å². The number of hydrogen-bond donors (Lipinski definition) is 0. The highest BCUT2D eigenvalue weighted by Crippen LogP contribution is 2.26. The fourth-order valence-corrected chi connectivity index (χ4v) is 3.87. The summed E-state index contributed by atoms with van der Waals surface area (Å²) >= 11 is 0. The van der Waals surface area contributed by atoms with Gasteiger partial charge in [0.15, 0.2) is 0 Å². The van der Waals surface area contributed by atoms with Gasteiger partial charge in [0.25, 0.3) is 5.91 Å². The van der Waals surface area contributed by atoms with Crippen molar-refractivity contribution in [2.45, 2.75) is 44.7 Å². The number of nitrogens with zero attached hydrogens (tertiary/aromatic N) is 4. The van der Waals surface area contributed by atoms with Crippen molar-refractivity contribution in [1.82, 2.24) is 19.9 Å². The van der Waals surface area contributed by atoms with E-state index in [9.17, 15) is 4.79 Å². The molecular weight excluding hydrogens is 348 g/mol. The summed E-state index contributed by atoms with van der Waals surface area (Å²) in [5.41, 5.74) is 3.43. The third-order valence-electron chi connectivity index (χ3n) is 5.32. The molecule has 0 saturated heterocycles. The van der Waals surface area contributed by atoms with E-state index in [0.29, 0.717) is 12.1 Å². The van der Waals surface area contributed by atoms with Crippen LogP contribution in [-0.2, 0) is 6.54 Å². The van der Waals surface area contributed by atoms with Crippen LogP contribution in [0, 0.1) is 0 Å². The van der Waals surface area contributed by atoms with Gasteiger partial charge in [-0.1, -0.05) is 37.5 Å². The van der Waals surface area contributed by atoms with E-state index in [1.807, 2.05) is 47.5 Å². The van der Waals surface area contributed by atoms with Crippen molar-refractivity contribution in [3.63, 3.8) is 0 Å².